The van der Waals surface area contributed by atoms with Gasteiger partial charge in [-0.15, -0.1) is 0 Å². The lowest BCUT2D eigenvalue weighted by Crippen LogP contribution is -2.46. The molecule has 1 heterocycles. The second kappa shape index (κ2) is 5.63. The summed E-state index contributed by atoms with van der Waals surface area (Å²) in [6, 6.07) is 4.23. The van der Waals surface area contributed by atoms with Crippen LogP contribution < -0.4 is 0 Å². The highest BCUT2D eigenvalue weighted by Gasteiger charge is 2.48. The van der Waals surface area contributed by atoms with Crippen LogP contribution in [0.2, 0.25) is 0 Å². The maximum Gasteiger partial charge on any atom is 0.326 e. The van der Waals surface area contributed by atoms with Gasteiger partial charge < -0.3 is 15.1 Å². The third-order valence-electron chi connectivity index (χ3n) is 5.08. The predicted molar refractivity (Wildman–Crippen MR) is 80.8 cm³/mol. The normalized spacial score (nSPS) is 27.5. The number of carboxylic acid groups (broad SMARTS) is 1. The molecule has 1 aliphatic carbocycles. The van der Waals surface area contributed by atoms with Crippen molar-refractivity contribution in [3.8, 4) is 5.75 Å². The summed E-state index contributed by atoms with van der Waals surface area (Å²) < 4.78 is 0. The molecule has 0 bridgehead atoms. The van der Waals surface area contributed by atoms with Crippen molar-refractivity contribution < 1.29 is 19.8 Å². The first-order valence-electron chi connectivity index (χ1n) is 7.84. The highest BCUT2D eigenvalue weighted by molar-refractivity contribution is 5.99. The lowest BCUT2D eigenvalue weighted by atomic mass is 9.84. The molecule has 2 aliphatic rings. The average molecular weight is 303 g/mol. The van der Waals surface area contributed by atoms with Crippen molar-refractivity contribution in [2.24, 2.45) is 5.92 Å². The molecule has 2 fully saturated rings. The molecule has 2 N–H and O–H groups in total. The van der Waals surface area contributed by atoms with E-state index in [1.807, 2.05) is 0 Å². The number of carboxylic acids is 1. The third-order valence-corrected chi connectivity index (χ3v) is 5.08. The second-order valence-corrected chi connectivity index (χ2v) is 6.39. The molecule has 0 spiro atoms. The molecule has 118 valence electrons. The Balaban J connectivity index is 1.97. The quantitative estimate of drug-likeness (QED) is 0.880. The van der Waals surface area contributed by atoms with Crippen molar-refractivity contribution >= 4 is 11.9 Å². The summed E-state index contributed by atoms with van der Waals surface area (Å²) >= 11 is 0. The van der Waals surface area contributed by atoms with Gasteiger partial charge in [-0.05, 0) is 43.7 Å². The number of aliphatic carboxylic acids is 1. The van der Waals surface area contributed by atoms with E-state index >= 15 is 0 Å². The van der Waals surface area contributed by atoms with Gasteiger partial charge in [-0.1, -0.05) is 25.0 Å². The Kier molecular flexibility index (Phi) is 3.81. The molecular formula is C17H21NO4. The van der Waals surface area contributed by atoms with E-state index in [1.165, 1.54) is 4.90 Å². The fourth-order valence-electron chi connectivity index (χ4n) is 3.94. The van der Waals surface area contributed by atoms with Crippen LogP contribution in [0.1, 0.15) is 48.0 Å². The zero-order valence-electron chi connectivity index (χ0n) is 12.7. The van der Waals surface area contributed by atoms with E-state index in [9.17, 15) is 19.8 Å². The smallest absolute Gasteiger partial charge is 0.326 e. The fourth-order valence-corrected chi connectivity index (χ4v) is 3.94. The van der Waals surface area contributed by atoms with Gasteiger partial charge in [-0.25, -0.2) is 4.79 Å². The largest absolute Gasteiger partial charge is 0.507 e. The van der Waals surface area contributed by atoms with E-state index in [2.05, 4.69) is 0 Å². The summed E-state index contributed by atoms with van der Waals surface area (Å²) in [6.07, 6.45) is 4.49. The van der Waals surface area contributed by atoms with Gasteiger partial charge in [0.1, 0.15) is 11.8 Å². The van der Waals surface area contributed by atoms with Crippen molar-refractivity contribution in [2.75, 3.05) is 0 Å². The molecule has 0 aromatic heterocycles. The molecule has 0 radical (unpaired) electrons. The molecule has 1 aliphatic heterocycles. The zero-order chi connectivity index (χ0) is 15.9. The highest BCUT2D eigenvalue weighted by Crippen LogP contribution is 2.41. The fraction of sp³-hybridized carbons (Fsp3) is 0.529. The van der Waals surface area contributed by atoms with E-state index in [0.717, 1.165) is 25.7 Å². The van der Waals surface area contributed by atoms with Crippen molar-refractivity contribution in [1.82, 2.24) is 4.90 Å². The maximum absolute atomic E-state index is 12.9. The molecule has 22 heavy (non-hydrogen) atoms. The molecule has 3 unspecified atom stereocenters. The van der Waals surface area contributed by atoms with Crippen molar-refractivity contribution in [3.63, 3.8) is 0 Å². The molecule has 1 saturated carbocycles. The lowest BCUT2D eigenvalue weighted by Gasteiger charge is -2.33. The van der Waals surface area contributed by atoms with Crippen LogP contribution in [-0.2, 0) is 4.79 Å². The Morgan fingerprint density at radius 3 is 2.68 bits per heavy atom. The number of phenolic OH excluding ortho intramolecular Hbond substituents is 1. The van der Waals surface area contributed by atoms with Crippen LogP contribution in [-0.4, -0.2) is 39.1 Å². The molecule has 3 atom stereocenters. The summed E-state index contributed by atoms with van der Waals surface area (Å²) in [7, 11) is 0. The molecule has 3 rings (SSSR count). The van der Waals surface area contributed by atoms with Gasteiger partial charge in [0, 0.05) is 6.04 Å². The molecule has 5 nitrogen and oxygen atoms in total. The number of phenols is 1. The van der Waals surface area contributed by atoms with Crippen LogP contribution >= 0.6 is 0 Å². The molecule has 5 heteroatoms. The number of carbonyl (C=O) groups excluding carboxylic acids is 1. The summed E-state index contributed by atoms with van der Waals surface area (Å²) in [5, 5.41) is 19.6. The number of para-hydroxylation sites is 1. The molecule has 1 aromatic rings. The minimum atomic E-state index is -0.949. The van der Waals surface area contributed by atoms with Gasteiger partial charge in [-0.2, -0.15) is 0 Å². The number of rotatable bonds is 2. The zero-order valence-corrected chi connectivity index (χ0v) is 12.7. The van der Waals surface area contributed by atoms with Gasteiger partial charge in [0.25, 0.3) is 5.91 Å². The van der Waals surface area contributed by atoms with E-state index in [-0.39, 0.29) is 29.2 Å². The first kappa shape index (κ1) is 14.9. The van der Waals surface area contributed by atoms with Gasteiger partial charge in [0.15, 0.2) is 0 Å². The van der Waals surface area contributed by atoms with Crippen molar-refractivity contribution in [1.29, 1.82) is 0 Å². The van der Waals surface area contributed by atoms with Gasteiger partial charge in [-0.3, -0.25) is 4.79 Å². The molecule has 1 saturated heterocycles. The summed E-state index contributed by atoms with van der Waals surface area (Å²) in [4.78, 5) is 26.0. The van der Waals surface area contributed by atoms with Gasteiger partial charge in [0.2, 0.25) is 0 Å². The Bertz CT molecular complexity index is 613. The minimum Gasteiger partial charge on any atom is -0.507 e. The number of hydrogen-bond acceptors (Lipinski definition) is 3. The van der Waals surface area contributed by atoms with E-state index in [1.54, 1.807) is 25.1 Å². The molecule has 1 aromatic carbocycles. The van der Waals surface area contributed by atoms with Crippen LogP contribution in [0.3, 0.4) is 0 Å². The van der Waals surface area contributed by atoms with E-state index < -0.39 is 12.0 Å². The number of fused-ring (bicyclic) bond motifs is 1. The van der Waals surface area contributed by atoms with Crippen LogP contribution in [0.15, 0.2) is 18.2 Å². The number of carbonyl (C=O) groups is 2. The predicted octanol–water partition coefficient (Wildman–Crippen LogP) is 2.56. The average Bonchev–Trinajstić information content (AvgIpc) is 2.89. The van der Waals surface area contributed by atoms with Gasteiger partial charge >= 0.3 is 5.97 Å². The number of benzene rings is 1. The Hall–Kier alpha value is -2.04. The van der Waals surface area contributed by atoms with Crippen LogP contribution in [0.25, 0.3) is 0 Å². The van der Waals surface area contributed by atoms with Crippen LogP contribution in [0.5, 0.6) is 5.75 Å². The van der Waals surface area contributed by atoms with Crippen LogP contribution in [0, 0.1) is 12.8 Å². The monoisotopic (exact) mass is 303 g/mol. The number of aryl methyl sites for hydroxylation is 1. The van der Waals surface area contributed by atoms with E-state index in [4.69, 9.17) is 0 Å². The number of aromatic hydroxyl groups is 1. The standard InChI is InChI=1S/C17H21NO4/c1-10-5-4-7-12(15(10)19)16(20)18-13-8-3-2-6-11(13)9-14(18)17(21)22/h4-5,7,11,13-14,19H,2-3,6,8-9H2,1H3,(H,21,22). The third kappa shape index (κ3) is 2.34. The summed E-state index contributed by atoms with van der Waals surface area (Å²) in [5.74, 6) is -1.08. The summed E-state index contributed by atoms with van der Waals surface area (Å²) in [5.41, 5.74) is 0.828. The van der Waals surface area contributed by atoms with Crippen LogP contribution in [0.4, 0.5) is 0 Å². The van der Waals surface area contributed by atoms with Gasteiger partial charge in [0.05, 0.1) is 5.56 Å². The number of nitrogens with zero attached hydrogens (tertiary/aromatic N) is 1. The number of likely N-dealkylation sites (tertiary alicyclic amines) is 1. The van der Waals surface area contributed by atoms with E-state index in [0.29, 0.717) is 12.0 Å². The second-order valence-electron chi connectivity index (χ2n) is 6.39. The van der Waals surface area contributed by atoms with Crippen molar-refractivity contribution in [3.05, 3.63) is 29.3 Å². The SMILES string of the molecule is Cc1cccc(C(=O)N2C(C(=O)O)CC3CCCCC32)c1O. The Morgan fingerprint density at radius 1 is 1.23 bits per heavy atom. The lowest BCUT2D eigenvalue weighted by molar-refractivity contribution is -0.141. The molecular weight excluding hydrogens is 282 g/mol. The molecule has 1 amide bonds. The topological polar surface area (TPSA) is 77.8 Å². The Morgan fingerprint density at radius 2 is 1.95 bits per heavy atom. The minimum absolute atomic E-state index is 0.0118. The summed E-state index contributed by atoms with van der Waals surface area (Å²) in [6.45, 7) is 1.73. The maximum atomic E-state index is 12.9. The van der Waals surface area contributed by atoms with Crippen molar-refractivity contribution in [2.45, 2.75) is 51.1 Å². The number of hydrogen-bond donors (Lipinski definition) is 2. The Labute approximate surface area is 129 Å². The highest BCUT2D eigenvalue weighted by atomic mass is 16.4. The first-order valence-corrected chi connectivity index (χ1v) is 7.84. The first-order chi connectivity index (χ1) is 10.5. The number of amides is 1.